The minimum absolute atomic E-state index is 0. The van der Waals surface area contributed by atoms with Gasteiger partial charge in [0.2, 0.25) is 0 Å². The zero-order valence-electron chi connectivity index (χ0n) is 8.63. The van der Waals surface area contributed by atoms with E-state index in [0.717, 1.165) is 19.1 Å². The van der Waals surface area contributed by atoms with E-state index >= 15 is 0 Å². The van der Waals surface area contributed by atoms with Crippen molar-refractivity contribution < 1.29 is 4.74 Å². The number of rotatable bonds is 2. The molecule has 14 heavy (non-hydrogen) atoms. The normalized spacial score (nSPS) is 29.6. The number of hydrogen-bond acceptors (Lipinski definition) is 3. The second-order valence-corrected chi connectivity index (χ2v) is 4.10. The fourth-order valence-electron chi connectivity index (χ4n) is 2.19. The summed E-state index contributed by atoms with van der Waals surface area (Å²) in [6.07, 6.45) is 5.37. The summed E-state index contributed by atoms with van der Waals surface area (Å²) >= 11 is 0. The SMILES string of the molecule is C1CNC(CC2CCNCC2)OC1.Cl. The molecule has 2 rings (SSSR count). The molecule has 2 heterocycles. The van der Waals surface area contributed by atoms with Gasteiger partial charge in [0.15, 0.2) is 0 Å². The van der Waals surface area contributed by atoms with Crippen LogP contribution in [-0.4, -0.2) is 32.5 Å². The molecule has 4 heteroatoms. The standard InChI is InChI=1S/C10H20N2O.ClH/c1-4-12-10(13-7-1)8-9-2-5-11-6-3-9;/h9-12H,1-8H2;1H. The van der Waals surface area contributed by atoms with Crippen molar-refractivity contribution in [2.75, 3.05) is 26.2 Å². The second kappa shape index (κ2) is 6.62. The summed E-state index contributed by atoms with van der Waals surface area (Å²) in [5, 5.41) is 6.81. The Kier molecular flexibility index (Phi) is 5.78. The lowest BCUT2D eigenvalue weighted by molar-refractivity contribution is -0.0156. The quantitative estimate of drug-likeness (QED) is 0.732. The summed E-state index contributed by atoms with van der Waals surface area (Å²) in [6, 6.07) is 0. The van der Waals surface area contributed by atoms with Crippen molar-refractivity contribution in [3.63, 3.8) is 0 Å². The van der Waals surface area contributed by atoms with Gasteiger partial charge in [-0.1, -0.05) is 0 Å². The molecule has 1 unspecified atom stereocenters. The highest BCUT2D eigenvalue weighted by molar-refractivity contribution is 5.85. The molecule has 0 aromatic carbocycles. The van der Waals surface area contributed by atoms with Crippen LogP contribution < -0.4 is 10.6 Å². The molecule has 0 spiro atoms. The van der Waals surface area contributed by atoms with Crippen LogP contribution in [0, 0.1) is 5.92 Å². The van der Waals surface area contributed by atoms with E-state index < -0.39 is 0 Å². The van der Waals surface area contributed by atoms with Crippen LogP contribution in [-0.2, 0) is 4.74 Å². The van der Waals surface area contributed by atoms with Gasteiger partial charge in [-0.2, -0.15) is 0 Å². The third-order valence-corrected chi connectivity index (χ3v) is 3.02. The van der Waals surface area contributed by atoms with Gasteiger partial charge in [-0.3, -0.25) is 5.32 Å². The Bertz CT molecular complexity index is 129. The average Bonchev–Trinajstić information content (AvgIpc) is 2.21. The maximum atomic E-state index is 5.65. The summed E-state index contributed by atoms with van der Waals surface area (Å²) in [5.41, 5.74) is 0. The summed E-state index contributed by atoms with van der Waals surface area (Å²) in [6.45, 7) is 4.47. The predicted molar refractivity (Wildman–Crippen MR) is 59.8 cm³/mol. The largest absolute Gasteiger partial charge is 0.363 e. The number of halogens is 1. The van der Waals surface area contributed by atoms with Crippen molar-refractivity contribution in [1.82, 2.24) is 10.6 Å². The maximum absolute atomic E-state index is 5.65. The molecule has 2 saturated heterocycles. The molecule has 0 amide bonds. The summed E-state index contributed by atoms with van der Waals surface area (Å²) in [5.74, 6) is 0.872. The summed E-state index contributed by atoms with van der Waals surface area (Å²) < 4.78 is 5.65. The molecule has 2 aliphatic rings. The monoisotopic (exact) mass is 220 g/mol. The molecule has 1 atom stereocenters. The Balaban J connectivity index is 0.000000980. The first kappa shape index (κ1) is 12.2. The lowest BCUT2D eigenvalue weighted by Crippen LogP contribution is -2.41. The van der Waals surface area contributed by atoms with E-state index in [9.17, 15) is 0 Å². The van der Waals surface area contributed by atoms with Crippen LogP contribution in [0.3, 0.4) is 0 Å². The maximum Gasteiger partial charge on any atom is 0.108 e. The smallest absolute Gasteiger partial charge is 0.108 e. The molecule has 2 fully saturated rings. The van der Waals surface area contributed by atoms with Crippen LogP contribution in [0.25, 0.3) is 0 Å². The Hall–Kier alpha value is 0.170. The van der Waals surface area contributed by atoms with Crippen LogP contribution >= 0.6 is 12.4 Å². The fourth-order valence-corrected chi connectivity index (χ4v) is 2.19. The lowest BCUT2D eigenvalue weighted by Gasteiger charge is -2.30. The van der Waals surface area contributed by atoms with Crippen LogP contribution in [0.1, 0.15) is 25.7 Å². The van der Waals surface area contributed by atoms with E-state index in [1.807, 2.05) is 0 Å². The molecule has 0 aromatic rings. The topological polar surface area (TPSA) is 33.3 Å². The summed E-state index contributed by atoms with van der Waals surface area (Å²) in [7, 11) is 0. The van der Waals surface area contributed by atoms with Gasteiger partial charge < -0.3 is 10.1 Å². The molecule has 0 aromatic heterocycles. The highest BCUT2D eigenvalue weighted by atomic mass is 35.5. The van der Waals surface area contributed by atoms with Crippen LogP contribution in [0.5, 0.6) is 0 Å². The third kappa shape index (κ3) is 3.73. The Morgan fingerprint density at radius 2 is 1.93 bits per heavy atom. The van der Waals surface area contributed by atoms with E-state index in [1.165, 1.54) is 38.8 Å². The van der Waals surface area contributed by atoms with Gasteiger partial charge in [-0.25, -0.2) is 0 Å². The van der Waals surface area contributed by atoms with Gasteiger partial charge in [0.1, 0.15) is 6.23 Å². The third-order valence-electron chi connectivity index (χ3n) is 3.02. The average molecular weight is 221 g/mol. The van der Waals surface area contributed by atoms with Gasteiger partial charge in [-0.15, -0.1) is 12.4 Å². The fraction of sp³-hybridized carbons (Fsp3) is 1.00. The zero-order chi connectivity index (χ0) is 8.93. The Labute approximate surface area is 92.4 Å². The minimum Gasteiger partial charge on any atom is -0.363 e. The van der Waals surface area contributed by atoms with Gasteiger partial charge in [-0.05, 0) is 51.2 Å². The molecule has 0 saturated carbocycles. The van der Waals surface area contributed by atoms with Crippen LogP contribution in [0.4, 0.5) is 0 Å². The van der Waals surface area contributed by atoms with Crippen LogP contribution in [0.2, 0.25) is 0 Å². The second-order valence-electron chi connectivity index (χ2n) is 4.10. The van der Waals surface area contributed by atoms with Crippen molar-refractivity contribution in [3.05, 3.63) is 0 Å². The van der Waals surface area contributed by atoms with Crippen molar-refractivity contribution in [2.24, 2.45) is 5.92 Å². The number of hydrogen-bond donors (Lipinski definition) is 2. The van der Waals surface area contributed by atoms with Gasteiger partial charge >= 0.3 is 0 Å². The molecule has 3 nitrogen and oxygen atoms in total. The van der Waals surface area contributed by atoms with Crippen molar-refractivity contribution in [3.8, 4) is 0 Å². The van der Waals surface area contributed by atoms with E-state index in [2.05, 4.69) is 10.6 Å². The van der Waals surface area contributed by atoms with Gasteiger partial charge in [0.25, 0.3) is 0 Å². The summed E-state index contributed by atoms with van der Waals surface area (Å²) in [4.78, 5) is 0. The molecule has 0 bridgehead atoms. The molecule has 0 radical (unpaired) electrons. The van der Waals surface area contributed by atoms with E-state index in [0.29, 0.717) is 6.23 Å². The van der Waals surface area contributed by atoms with Crippen molar-refractivity contribution >= 4 is 12.4 Å². The van der Waals surface area contributed by atoms with Crippen LogP contribution in [0.15, 0.2) is 0 Å². The lowest BCUT2D eigenvalue weighted by atomic mass is 9.94. The number of nitrogens with one attached hydrogen (secondary N) is 2. The first-order valence-electron chi connectivity index (χ1n) is 5.51. The molecule has 2 aliphatic heterocycles. The number of ether oxygens (including phenoxy) is 1. The molecular weight excluding hydrogens is 200 g/mol. The molecular formula is C10H21ClN2O. The molecule has 2 N–H and O–H groups in total. The minimum atomic E-state index is 0. The predicted octanol–water partition coefficient (Wildman–Crippen LogP) is 1.13. The van der Waals surface area contributed by atoms with Crippen molar-refractivity contribution in [2.45, 2.75) is 31.9 Å². The first-order valence-corrected chi connectivity index (χ1v) is 5.51. The van der Waals surface area contributed by atoms with E-state index in [1.54, 1.807) is 0 Å². The van der Waals surface area contributed by atoms with Crippen molar-refractivity contribution in [1.29, 1.82) is 0 Å². The van der Waals surface area contributed by atoms with E-state index in [-0.39, 0.29) is 12.4 Å². The van der Waals surface area contributed by atoms with E-state index in [4.69, 9.17) is 4.74 Å². The molecule has 0 aliphatic carbocycles. The number of piperidine rings is 1. The Morgan fingerprint density at radius 1 is 1.14 bits per heavy atom. The van der Waals surface area contributed by atoms with Gasteiger partial charge in [0, 0.05) is 6.61 Å². The van der Waals surface area contributed by atoms with Gasteiger partial charge in [0.05, 0.1) is 0 Å². The zero-order valence-corrected chi connectivity index (χ0v) is 9.44. The molecule has 84 valence electrons. The Morgan fingerprint density at radius 3 is 2.57 bits per heavy atom. The highest BCUT2D eigenvalue weighted by Gasteiger charge is 2.20. The first-order chi connectivity index (χ1) is 6.45. The highest BCUT2D eigenvalue weighted by Crippen LogP contribution is 2.19.